The van der Waals surface area contributed by atoms with Crippen LogP contribution < -0.4 is 24.8 Å². The van der Waals surface area contributed by atoms with E-state index in [1.165, 1.54) is 38.5 Å². The van der Waals surface area contributed by atoms with Gasteiger partial charge in [-0.3, -0.25) is 9.59 Å². The van der Waals surface area contributed by atoms with E-state index in [-0.39, 0.29) is 23.7 Å². The Labute approximate surface area is 372 Å². The van der Waals surface area contributed by atoms with E-state index in [1.807, 2.05) is 135 Å². The molecule has 0 atom stereocenters. The predicted molar refractivity (Wildman–Crippen MR) is 251 cm³/mol. The molecule has 9 heteroatoms. The molecule has 0 bridgehead atoms. The van der Waals surface area contributed by atoms with Crippen LogP contribution >= 0.6 is 0 Å². The highest BCUT2D eigenvalue weighted by Crippen LogP contribution is 2.28. The summed E-state index contributed by atoms with van der Waals surface area (Å²) in [7, 11) is 0. The Hall–Kier alpha value is -6.58. The molecule has 0 saturated heterocycles. The number of phenols is 1. The number of nitrogens with one attached hydrogen (secondary N) is 2. The standard InChI is InChI=1S/C27H29NO3.C21H19NO3.C6H12O/c1-20-7-5-6-10-26(20)28-27(29)19-21-11-13-23(14-12-21)31-25-17-15-24(16-18-25)30-22-8-3-2-4-9-22;1-15-4-2-3-5-20(15)22-21(24)14-16-6-10-18(11-7-16)25-19-12-8-17(23)9-13-19;7-6-4-2-1-3-5-6/h5-7,10-18,22H,2-4,8-9,19H2,1H3,(H,28,29);2-13,23H,14H2,1H3,(H,22,24);6-7H,1-5H2. The van der Waals surface area contributed by atoms with Gasteiger partial charge in [0, 0.05) is 11.4 Å². The number of aliphatic hydroxyl groups is 1. The number of para-hydroxylation sites is 2. The Kier molecular flexibility index (Phi) is 17.6. The van der Waals surface area contributed by atoms with Gasteiger partial charge in [0.15, 0.2) is 0 Å². The number of hydrogen-bond acceptors (Lipinski definition) is 7. The van der Waals surface area contributed by atoms with Crippen LogP contribution in [0.5, 0.6) is 34.5 Å². The molecule has 2 aliphatic rings. The second kappa shape index (κ2) is 24.2. The molecule has 4 N–H and O–H groups in total. The molecule has 8 rings (SSSR count). The van der Waals surface area contributed by atoms with Crippen molar-refractivity contribution in [1.82, 2.24) is 0 Å². The van der Waals surface area contributed by atoms with Gasteiger partial charge in [0.25, 0.3) is 0 Å². The van der Waals surface area contributed by atoms with Gasteiger partial charge >= 0.3 is 0 Å². The number of aromatic hydroxyl groups is 1. The average molecular weight is 849 g/mol. The predicted octanol–water partition coefficient (Wildman–Crippen LogP) is 12.7. The molecule has 63 heavy (non-hydrogen) atoms. The summed E-state index contributed by atoms with van der Waals surface area (Å²) < 4.78 is 17.7. The monoisotopic (exact) mass is 848 g/mol. The van der Waals surface area contributed by atoms with Crippen LogP contribution in [-0.2, 0) is 22.4 Å². The molecular formula is C54H60N2O7. The SMILES string of the molecule is Cc1ccccc1NC(=O)Cc1ccc(Oc2ccc(O)cc2)cc1.Cc1ccccc1NC(=O)Cc1ccc(Oc2ccc(OC3CCCCC3)cc2)cc1.OC1CCCCC1. The van der Waals surface area contributed by atoms with Crippen LogP contribution in [0.1, 0.15) is 86.5 Å². The summed E-state index contributed by atoms with van der Waals surface area (Å²) in [6.07, 6.45) is 13.0. The third-order valence-corrected chi connectivity index (χ3v) is 11.0. The molecule has 0 unspecified atom stereocenters. The first-order valence-corrected chi connectivity index (χ1v) is 22.1. The molecule has 0 aromatic heterocycles. The lowest BCUT2D eigenvalue weighted by molar-refractivity contribution is -0.116. The highest BCUT2D eigenvalue weighted by atomic mass is 16.5. The molecule has 2 amide bonds. The number of benzene rings is 6. The molecule has 0 heterocycles. The van der Waals surface area contributed by atoms with Crippen molar-refractivity contribution >= 4 is 23.2 Å². The third-order valence-electron chi connectivity index (χ3n) is 11.0. The molecule has 0 spiro atoms. The number of aliphatic hydroxyl groups excluding tert-OH is 1. The van der Waals surface area contributed by atoms with Crippen molar-refractivity contribution in [2.24, 2.45) is 0 Å². The lowest BCUT2D eigenvalue weighted by atomic mass is 9.98. The van der Waals surface area contributed by atoms with Gasteiger partial charge in [-0.25, -0.2) is 0 Å². The summed E-state index contributed by atoms with van der Waals surface area (Å²) in [6.45, 7) is 3.95. The van der Waals surface area contributed by atoms with E-state index >= 15 is 0 Å². The van der Waals surface area contributed by atoms with Gasteiger partial charge in [0.05, 0.1) is 25.0 Å². The second-order valence-corrected chi connectivity index (χ2v) is 16.2. The number of carbonyl (C=O) groups excluding carboxylic acids is 2. The molecule has 2 saturated carbocycles. The average Bonchev–Trinajstić information content (AvgIpc) is 3.29. The van der Waals surface area contributed by atoms with Crippen molar-refractivity contribution in [3.8, 4) is 34.5 Å². The number of aryl methyl sites for hydroxylation is 2. The van der Waals surface area contributed by atoms with Gasteiger partial charge in [0.1, 0.15) is 34.5 Å². The molecule has 0 aliphatic heterocycles. The maximum atomic E-state index is 12.3. The number of carbonyl (C=O) groups is 2. The molecule has 2 aliphatic carbocycles. The van der Waals surface area contributed by atoms with E-state index in [0.29, 0.717) is 30.4 Å². The van der Waals surface area contributed by atoms with Crippen molar-refractivity contribution in [3.05, 3.63) is 168 Å². The molecular weight excluding hydrogens is 789 g/mol. The lowest BCUT2D eigenvalue weighted by Gasteiger charge is -2.23. The Morgan fingerprint density at radius 2 is 0.857 bits per heavy atom. The van der Waals surface area contributed by atoms with E-state index in [2.05, 4.69) is 10.6 Å². The van der Waals surface area contributed by atoms with E-state index < -0.39 is 0 Å². The van der Waals surface area contributed by atoms with Gasteiger partial charge in [-0.05, 0) is 160 Å². The van der Waals surface area contributed by atoms with Crippen molar-refractivity contribution < 1.29 is 34.0 Å². The summed E-state index contributed by atoms with van der Waals surface area (Å²) in [5.41, 5.74) is 5.62. The number of phenolic OH excluding ortho intramolecular Hbond substituents is 1. The zero-order valence-electron chi connectivity index (χ0n) is 36.4. The number of anilines is 2. The van der Waals surface area contributed by atoms with Crippen LogP contribution in [0.15, 0.2) is 146 Å². The van der Waals surface area contributed by atoms with Crippen molar-refractivity contribution in [3.63, 3.8) is 0 Å². The second-order valence-electron chi connectivity index (χ2n) is 16.2. The van der Waals surface area contributed by atoms with Gasteiger partial charge in [0.2, 0.25) is 11.8 Å². The van der Waals surface area contributed by atoms with Crippen LogP contribution in [-0.4, -0.2) is 34.2 Å². The summed E-state index contributed by atoms with van der Waals surface area (Å²) in [6, 6.07) is 44.8. The van der Waals surface area contributed by atoms with E-state index in [1.54, 1.807) is 24.3 Å². The number of hydrogen-bond donors (Lipinski definition) is 4. The van der Waals surface area contributed by atoms with Crippen LogP contribution in [0, 0.1) is 13.8 Å². The largest absolute Gasteiger partial charge is 0.508 e. The van der Waals surface area contributed by atoms with Crippen molar-refractivity contribution in [2.75, 3.05) is 10.6 Å². The summed E-state index contributed by atoms with van der Waals surface area (Å²) in [5, 5.41) is 24.1. The number of rotatable bonds is 12. The normalized spacial score (nSPS) is 13.8. The summed E-state index contributed by atoms with van der Waals surface area (Å²) >= 11 is 0. The van der Waals surface area contributed by atoms with Crippen molar-refractivity contribution in [1.29, 1.82) is 0 Å². The maximum absolute atomic E-state index is 12.3. The first kappa shape index (κ1) is 45.9. The van der Waals surface area contributed by atoms with Gasteiger partial charge in [-0.2, -0.15) is 0 Å². The fourth-order valence-corrected chi connectivity index (χ4v) is 7.37. The Bertz CT molecular complexity index is 2300. The minimum atomic E-state index is -0.0542. The fraction of sp³-hybridized carbons (Fsp3) is 0.296. The van der Waals surface area contributed by atoms with Crippen LogP contribution in [0.4, 0.5) is 11.4 Å². The summed E-state index contributed by atoms with van der Waals surface area (Å²) in [4.78, 5) is 24.5. The van der Waals surface area contributed by atoms with E-state index in [9.17, 15) is 14.7 Å². The highest BCUT2D eigenvalue weighted by Gasteiger charge is 2.15. The zero-order chi connectivity index (χ0) is 44.2. The highest BCUT2D eigenvalue weighted by molar-refractivity contribution is 5.93. The Morgan fingerprint density at radius 1 is 0.492 bits per heavy atom. The van der Waals surface area contributed by atoms with Crippen LogP contribution in [0.25, 0.3) is 0 Å². The summed E-state index contributed by atoms with van der Waals surface area (Å²) in [5.74, 6) is 3.83. The van der Waals surface area contributed by atoms with E-state index in [4.69, 9.17) is 19.3 Å². The van der Waals surface area contributed by atoms with Crippen LogP contribution in [0.2, 0.25) is 0 Å². The smallest absolute Gasteiger partial charge is 0.228 e. The fourth-order valence-electron chi connectivity index (χ4n) is 7.37. The van der Waals surface area contributed by atoms with Gasteiger partial charge < -0.3 is 35.1 Å². The number of amides is 2. The molecule has 6 aromatic carbocycles. The molecule has 6 aromatic rings. The first-order chi connectivity index (χ1) is 30.6. The van der Waals surface area contributed by atoms with Gasteiger partial charge in [-0.1, -0.05) is 86.3 Å². The number of ether oxygens (including phenoxy) is 3. The topological polar surface area (TPSA) is 126 Å². The lowest BCUT2D eigenvalue weighted by Crippen LogP contribution is -2.19. The van der Waals surface area contributed by atoms with Crippen LogP contribution in [0.3, 0.4) is 0 Å². The Morgan fingerprint density at radius 3 is 1.25 bits per heavy atom. The van der Waals surface area contributed by atoms with Gasteiger partial charge in [-0.15, -0.1) is 0 Å². The molecule has 9 nitrogen and oxygen atoms in total. The first-order valence-electron chi connectivity index (χ1n) is 22.1. The minimum absolute atomic E-state index is 0.0310. The quantitative estimate of drug-likeness (QED) is 0.0966. The Balaban J connectivity index is 0.000000184. The van der Waals surface area contributed by atoms with Crippen molar-refractivity contribution in [2.45, 2.75) is 103 Å². The third kappa shape index (κ3) is 16.0. The molecule has 328 valence electrons. The maximum Gasteiger partial charge on any atom is 0.228 e. The zero-order valence-corrected chi connectivity index (χ0v) is 36.4. The minimum Gasteiger partial charge on any atom is -0.508 e. The van der Waals surface area contributed by atoms with E-state index in [0.717, 1.165) is 76.6 Å². The molecule has 0 radical (unpaired) electrons. The molecule has 2 fully saturated rings.